The number of allylic oxidation sites excluding steroid dienone is 1. The number of Topliss-reactive ketones (excluding diaryl/α,β-unsaturated/α-hetero) is 1. The molecule has 45 heavy (non-hydrogen) atoms. The number of hydrogen-bond donors (Lipinski definition) is 1. The highest BCUT2D eigenvalue weighted by atomic mass is 16.6. The maximum absolute atomic E-state index is 14.5. The number of imide groups is 1. The summed E-state index contributed by atoms with van der Waals surface area (Å²) in [6.07, 6.45) is -0.783. The van der Waals surface area contributed by atoms with E-state index in [0.717, 1.165) is 25.1 Å². The van der Waals surface area contributed by atoms with E-state index in [1.807, 2.05) is 25.1 Å². The molecule has 2 amide bonds. The second-order valence-electron chi connectivity index (χ2n) is 11.9. The van der Waals surface area contributed by atoms with Crippen LogP contribution in [0.4, 0.5) is 5.69 Å². The lowest BCUT2D eigenvalue weighted by Gasteiger charge is -2.50. The molecule has 0 aliphatic heterocycles. The number of ketones is 1. The number of rotatable bonds is 7. The molecule has 4 rings (SSSR count). The van der Waals surface area contributed by atoms with E-state index in [0.29, 0.717) is 24.2 Å². The van der Waals surface area contributed by atoms with Gasteiger partial charge in [0.25, 0.3) is 5.91 Å². The fourth-order valence-electron chi connectivity index (χ4n) is 7.00. The van der Waals surface area contributed by atoms with Gasteiger partial charge in [-0.15, -0.1) is 0 Å². The Morgan fingerprint density at radius 3 is 2.02 bits per heavy atom. The van der Waals surface area contributed by atoms with Gasteiger partial charge < -0.3 is 23.8 Å². The van der Waals surface area contributed by atoms with Crippen molar-refractivity contribution in [2.45, 2.75) is 52.7 Å². The number of benzene rings is 1. The Bertz CT molecular complexity index is 1540. The van der Waals surface area contributed by atoms with Gasteiger partial charge in [-0.2, -0.15) is 0 Å². The van der Waals surface area contributed by atoms with Crippen LogP contribution >= 0.6 is 0 Å². The number of likely N-dealkylation sites (N-methyl/N-ethyl adjacent to an activating group) is 1. The third kappa shape index (κ3) is 6.21. The van der Waals surface area contributed by atoms with E-state index in [1.54, 1.807) is 25.1 Å². The van der Waals surface area contributed by atoms with Crippen molar-refractivity contribution in [3.8, 4) is 5.75 Å². The molecule has 0 saturated carbocycles. The molecule has 0 radical (unpaired) electrons. The number of nitrogens with one attached hydrogen (secondary N) is 1. The fourth-order valence-corrected chi connectivity index (χ4v) is 7.00. The Labute approximate surface area is 261 Å². The second kappa shape index (κ2) is 12.8. The third-order valence-corrected chi connectivity index (χ3v) is 8.31. The van der Waals surface area contributed by atoms with E-state index in [1.165, 1.54) is 21.0 Å². The molecular weight excluding hydrogens is 586 g/mol. The third-order valence-electron chi connectivity index (χ3n) is 8.31. The van der Waals surface area contributed by atoms with Crippen molar-refractivity contribution in [2.24, 2.45) is 17.8 Å². The van der Waals surface area contributed by atoms with Crippen LogP contribution < -0.4 is 15.0 Å². The lowest BCUT2D eigenvalue weighted by atomic mass is 9.60. The number of hydrogen-bond acceptors (Lipinski definition) is 12. The topological polar surface area (TPSA) is 158 Å². The molecular formula is C32H39N3O10. The van der Waals surface area contributed by atoms with Crippen LogP contribution in [0.3, 0.4) is 0 Å². The molecule has 1 aromatic rings. The summed E-state index contributed by atoms with van der Waals surface area (Å²) in [6.45, 7) is 4.63. The quantitative estimate of drug-likeness (QED) is 0.347. The zero-order valence-electron chi connectivity index (χ0n) is 26.9. The van der Waals surface area contributed by atoms with Crippen molar-refractivity contribution >= 4 is 41.2 Å². The van der Waals surface area contributed by atoms with Gasteiger partial charge in [0.1, 0.15) is 23.4 Å². The van der Waals surface area contributed by atoms with Crippen molar-refractivity contribution in [2.75, 3.05) is 40.2 Å². The number of ether oxygens (including phenoxy) is 4. The highest BCUT2D eigenvalue weighted by Gasteiger charge is 2.57. The Kier molecular flexibility index (Phi) is 9.52. The lowest BCUT2D eigenvalue weighted by molar-refractivity contribution is -0.153. The van der Waals surface area contributed by atoms with Gasteiger partial charge in [0.2, 0.25) is 5.91 Å². The first-order valence-corrected chi connectivity index (χ1v) is 14.5. The molecule has 0 heterocycles. The molecule has 0 fully saturated rings. The molecule has 0 aromatic heterocycles. The van der Waals surface area contributed by atoms with Crippen molar-refractivity contribution in [3.63, 3.8) is 0 Å². The number of methoxy groups -OCH3 is 1. The first kappa shape index (κ1) is 33.4. The van der Waals surface area contributed by atoms with E-state index in [4.69, 9.17) is 18.9 Å². The Balaban J connectivity index is 2.09. The van der Waals surface area contributed by atoms with Crippen LogP contribution in [0.25, 0.3) is 0 Å². The molecule has 0 spiro atoms. The number of esters is 3. The van der Waals surface area contributed by atoms with E-state index in [-0.39, 0.29) is 22.7 Å². The normalized spacial score (nSPS) is 23.8. The number of nitrogens with zero attached hydrogens (tertiary/aromatic N) is 2. The van der Waals surface area contributed by atoms with Gasteiger partial charge in [-0.25, -0.2) is 0 Å². The van der Waals surface area contributed by atoms with Crippen LogP contribution in [0.5, 0.6) is 5.75 Å². The average molecular weight is 626 g/mol. The summed E-state index contributed by atoms with van der Waals surface area (Å²) in [5.41, 5.74) is 1.83. The molecule has 242 valence electrons. The van der Waals surface area contributed by atoms with E-state index < -0.39 is 65.4 Å². The zero-order valence-corrected chi connectivity index (χ0v) is 26.9. The number of carbonyl (C=O) groups excluding carboxylic acids is 6. The number of anilines is 1. The van der Waals surface area contributed by atoms with Crippen LogP contribution in [-0.4, -0.2) is 87.9 Å². The van der Waals surface area contributed by atoms with E-state index >= 15 is 0 Å². The number of fused-ring (bicyclic) bond motifs is 3. The molecule has 1 aromatic carbocycles. The number of carbonyl (C=O) groups is 6. The Hall–Kier alpha value is -4.52. The van der Waals surface area contributed by atoms with E-state index in [9.17, 15) is 28.8 Å². The monoisotopic (exact) mass is 625 g/mol. The molecule has 0 bridgehead atoms. The van der Waals surface area contributed by atoms with Crippen LogP contribution in [0.15, 0.2) is 34.8 Å². The summed E-state index contributed by atoms with van der Waals surface area (Å²) >= 11 is 0. The summed E-state index contributed by atoms with van der Waals surface area (Å²) in [4.78, 5) is 81.5. The number of amides is 2. The van der Waals surface area contributed by atoms with Crippen LogP contribution in [0, 0.1) is 17.8 Å². The maximum Gasteiger partial charge on any atom is 0.307 e. The van der Waals surface area contributed by atoms with Crippen LogP contribution in [0.2, 0.25) is 0 Å². The van der Waals surface area contributed by atoms with Gasteiger partial charge in [-0.05, 0) is 56.5 Å². The summed E-state index contributed by atoms with van der Waals surface area (Å²) in [5.74, 6) is -6.19. The minimum absolute atomic E-state index is 0.0372. The molecule has 3 aliphatic carbocycles. The van der Waals surface area contributed by atoms with Crippen molar-refractivity contribution in [1.29, 1.82) is 0 Å². The Morgan fingerprint density at radius 2 is 1.51 bits per heavy atom. The fraction of sp³-hybridized carbons (Fsp3) is 0.500. The summed E-state index contributed by atoms with van der Waals surface area (Å²) in [7, 11) is 8.65. The molecule has 5 unspecified atom stereocenters. The van der Waals surface area contributed by atoms with Crippen molar-refractivity contribution in [3.05, 3.63) is 45.9 Å². The Morgan fingerprint density at radius 1 is 0.889 bits per heavy atom. The standard InChI is InChI=1S/C32H39N3O10/c1-14(36)33-32(41)26-30(44-16(3)38)25-20(27(35(7)8)31(26)45-17(4)39)13-18-12-19-21(34(5)6)10-11-22(42-9)24(19)28(40)23(18)29(25)43-15(2)37/h10-11,18,20,25,27,30H,12-13H2,1-9H3,(H,33,36,41). The maximum atomic E-state index is 14.5. The van der Waals surface area contributed by atoms with Gasteiger partial charge in [0.05, 0.1) is 30.2 Å². The summed E-state index contributed by atoms with van der Waals surface area (Å²) in [6, 6.07) is 2.78. The average Bonchev–Trinajstić information content (AvgIpc) is 2.90. The predicted octanol–water partition coefficient (Wildman–Crippen LogP) is 1.92. The second-order valence-corrected chi connectivity index (χ2v) is 11.9. The van der Waals surface area contributed by atoms with Gasteiger partial charge in [-0.3, -0.25) is 39.0 Å². The van der Waals surface area contributed by atoms with Gasteiger partial charge in [0, 0.05) is 53.1 Å². The smallest absolute Gasteiger partial charge is 0.307 e. The lowest BCUT2D eigenvalue weighted by Crippen LogP contribution is -2.57. The molecule has 5 atom stereocenters. The first-order valence-electron chi connectivity index (χ1n) is 14.5. The van der Waals surface area contributed by atoms with Gasteiger partial charge in [0.15, 0.2) is 5.78 Å². The summed E-state index contributed by atoms with van der Waals surface area (Å²) < 4.78 is 22.9. The molecule has 13 heteroatoms. The highest BCUT2D eigenvalue weighted by Crippen LogP contribution is 2.54. The minimum Gasteiger partial charge on any atom is -0.496 e. The zero-order chi connectivity index (χ0) is 33.5. The molecule has 3 aliphatic rings. The van der Waals surface area contributed by atoms with Gasteiger partial charge in [-0.1, -0.05) is 0 Å². The highest BCUT2D eigenvalue weighted by molar-refractivity contribution is 6.14. The molecule has 0 saturated heterocycles. The predicted molar refractivity (Wildman–Crippen MR) is 160 cm³/mol. The molecule has 1 N–H and O–H groups in total. The van der Waals surface area contributed by atoms with E-state index in [2.05, 4.69) is 5.32 Å². The summed E-state index contributed by atoms with van der Waals surface area (Å²) in [5, 5.41) is 2.19. The molecule has 13 nitrogen and oxygen atoms in total. The largest absolute Gasteiger partial charge is 0.496 e. The minimum atomic E-state index is -1.48. The van der Waals surface area contributed by atoms with Crippen molar-refractivity contribution in [1.82, 2.24) is 10.2 Å². The van der Waals surface area contributed by atoms with Gasteiger partial charge >= 0.3 is 17.9 Å². The SMILES string of the molecule is COc1ccc(N(C)C)c2c1C(=O)C1=C(OC(C)=O)C3C(OC(C)=O)C(C(=O)NC(C)=O)=C(OC(C)=O)C(N(C)C)C3CC1C2. The van der Waals surface area contributed by atoms with Crippen LogP contribution in [0.1, 0.15) is 50.0 Å². The van der Waals surface area contributed by atoms with Crippen molar-refractivity contribution < 1.29 is 47.7 Å². The van der Waals surface area contributed by atoms with Crippen LogP contribution in [-0.2, 0) is 44.6 Å². The first-order chi connectivity index (χ1) is 21.1.